The van der Waals surface area contributed by atoms with Gasteiger partial charge in [0.05, 0.1) is 5.69 Å². The van der Waals surface area contributed by atoms with Crippen molar-refractivity contribution in [2.24, 2.45) is 0 Å². The van der Waals surface area contributed by atoms with E-state index in [9.17, 15) is 0 Å². The fourth-order valence-electron chi connectivity index (χ4n) is 3.18. The Labute approximate surface area is 165 Å². The molecule has 4 aromatic rings. The van der Waals surface area contributed by atoms with E-state index in [2.05, 4.69) is 48.1 Å². The molecule has 0 amide bonds. The number of hydrogen-bond acceptors (Lipinski definition) is 4. The Morgan fingerprint density at radius 1 is 0.964 bits per heavy atom. The molecule has 0 bridgehead atoms. The van der Waals surface area contributed by atoms with E-state index in [1.807, 2.05) is 36.5 Å². The molecule has 0 spiro atoms. The lowest BCUT2D eigenvalue weighted by atomic mass is 10.1. The largest absolute Gasteiger partial charge is 0.487 e. The maximum atomic E-state index is 5.95. The van der Waals surface area contributed by atoms with Crippen LogP contribution in [0.4, 0.5) is 0 Å². The van der Waals surface area contributed by atoms with Crippen molar-refractivity contribution < 1.29 is 9.15 Å². The molecule has 142 valence electrons. The lowest BCUT2D eigenvalue weighted by Crippen LogP contribution is -1.98. The van der Waals surface area contributed by atoms with Crippen molar-refractivity contribution in [2.45, 2.75) is 39.7 Å². The standard InChI is InChI=1S/C24H24N2O2/c1-3-6-18-7-5-8-19(13-18)24-26-22-14-21(11-12-23(22)28-24)27-16-20-10-9-17(4-2)15-25-20/h5,7-15H,3-4,6,16H2,1-2H3. The first kappa shape index (κ1) is 18.2. The highest BCUT2D eigenvalue weighted by molar-refractivity contribution is 5.77. The van der Waals surface area contributed by atoms with Crippen LogP contribution in [-0.4, -0.2) is 9.97 Å². The summed E-state index contributed by atoms with van der Waals surface area (Å²) < 4.78 is 11.8. The highest BCUT2D eigenvalue weighted by Crippen LogP contribution is 2.28. The lowest BCUT2D eigenvalue weighted by molar-refractivity contribution is 0.301. The smallest absolute Gasteiger partial charge is 0.227 e. The van der Waals surface area contributed by atoms with Gasteiger partial charge in [-0.3, -0.25) is 4.98 Å². The van der Waals surface area contributed by atoms with Crippen molar-refractivity contribution in [3.8, 4) is 17.2 Å². The van der Waals surface area contributed by atoms with Crippen LogP contribution >= 0.6 is 0 Å². The van der Waals surface area contributed by atoms with E-state index in [0.717, 1.165) is 47.4 Å². The van der Waals surface area contributed by atoms with E-state index in [-0.39, 0.29) is 0 Å². The van der Waals surface area contributed by atoms with E-state index >= 15 is 0 Å². The summed E-state index contributed by atoms with van der Waals surface area (Å²) in [5.74, 6) is 1.40. The lowest BCUT2D eigenvalue weighted by Gasteiger charge is -2.05. The summed E-state index contributed by atoms with van der Waals surface area (Å²) >= 11 is 0. The molecule has 0 fully saturated rings. The summed E-state index contributed by atoms with van der Waals surface area (Å²) in [6.45, 7) is 4.73. The first-order valence-corrected chi connectivity index (χ1v) is 9.81. The number of pyridine rings is 1. The van der Waals surface area contributed by atoms with Gasteiger partial charge in [-0.25, -0.2) is 4.98 Å². The van der Waals surface area contributed by atoms with Crippen molar-refractivity contribution in [2.75, 3.05) is 0 Å². The van der Waals surface area contributed by atoms with Gasteiger partial charge in [0.25, 0.3) is 0 Å². The number of fused-ring (bicyclic) bond motifs is 1. The first-order chi connectivity index (χ1) is 13.7. The van der Waals surface area contributed by atoms with Crippen LogP contribution in [0.2, 0.25) is 0 Å². The number of rotatable bonds is 7. The molecule has 2 aromatic carbocycles. The molecule has 0 aliphatic heterocycles. The van der Waals surface area contributed by atoms with Gasteiger partial charge in [0.1, 0.15) is 17.9 Å². The zero-order chi connectivity index (χ0) is 19.3. The fraction of sp³-hybridized carbons (Fsp3) is 0.250. The van der Waals surface area contributed by atoms with Crippen LogP contribution in [0.15, 0.2) is 65.2 Å². The third-order valence-electron chi connectivity index (χ3n) is 4.75. The highest BCUT2D eigenvalue weighted by Gasteiger charge is 2.10. The molecule has 4 nitrogen and oxygen atoms in total. The van der Waals surface area contributed by atoms with E-state index in [0.29, 0.717) is 12.5 Å². The van der Waals surface area contributed by atoms with E-state index in [4.69, 9.17) is 9.15 Å². The summed E-state index contributed by atoms with van der Waals surface area (Å²) in [5.41, 5.74) is 5.99. The van der Waals surface area contributed by atoms with Crippen molar-refractivity contribution >= 4 is 11.1 Å². The zero-order valence-corrected chi connectivity index (χ0v) is 16.3. The fourth-order valence-corrected chi connectivity index (χ4v) is 3.18. The average molecular weight is 372 g/mol. The van der Waals surface area contributed by atoms with Gasteiger partial charge in [0.2, 0.25) is 5.89 Å². The summed E-state index contributed by atoms with van der Waals surface area (Å²) in [4.78, 5) is 9.10. The molecule has 2 heterocycles. The van der Waals surface area contributed by atoms with Gasteiger partial charge in [-0.1, -0.05) is 38.5 Å². The number of oxazole rings is 1. The first-order valence-electron chi connectivity index (χ1n) is 9.81. The van der Waals surface area contributed by atoms with Crippen molar-refractivity contribution in [1.29, 1.82) is 0 Å². The zero-order valence-electron chi connectivity index (χ0n) is 16.3. The van der Waals surface area contributed by atoms with Gasteiger partial charge < -0.3 is 9.15 Å². The SMILES string of the molecule is CCCc1cccc(-c2nc3cc(OCc4ccc(CC)cn4)ccc3o2)c1. The molecule has 0 saturated heterocycles. The molecule has 0 aliphatic rings. The summed E-state index contributed by atoms with van der Waals surface area (Å²) in [7, 11) is 0. The number of benzene rings is 2. The molecule has 28 heavy (non-hydrogen) atoms. The molecule has 4 rings (SSSR count). The van der Waals surface area contributed by atoms with Crippen LogP contribution in [-0.2, 0) is 19.4 Å². The molecule has 2 aromatic heterocycles. The summed E-state index contributed by atoms with van der Waals surface area (Å²) in [5, 5.41) is 0. The van der Waals surface area contributed by atoms with Crippen LogP contribution in [0.5, 0.6) is 5.75 Å². The van der Waals surface area contributed by atoms with Gasteiger partial charge in [-0.05, 0) is 54.3 Å². The minimum Gasteiger partial charge on any atom is -0.487 e. The van der Waals surface area contributed by atoms with Crippen molar-refractivity contribution in [1.82, 2.24) is 9.97 Å². The predicted molar refractivity (Wildman–Crippen MR) is 111 cm³/mol. The number of ether oxygens (including phenoxy) is 1. The van der Waals surface area contributed by atoms with Gasteiger partial charge in [-0.2, -0.15) is 0 Å². The molecular weight excluding hydrogens is 348 g/mol. The topological polar surface area (TPSA) is 48.2 Å². The molecule has 0 radical (unpaired) electrons. The Hall–Kier alpha value is -3.14. The number of hydrogen-bond donors (Lipinski definition) is 0. The second kappa shape index (κ2) is 8.26. The van der Waals surface area contributed by atoms with Crippen LogP contribution in [0.3, 0.4) is 0 Å². The third kappa shape index (κ3) is 4.06. The molecule has 0 N–H and O–H groups in total. The Morgan fingerprint density at radius 3 is 2.68 bits per heavy atom. The second-order valence-corrected chi connectivity index (χ2v) is 6.90. The maximum absolute atomic E-state index is 5.95. The highest BCUT2D eigenvalue weighted by atomic mass is 16.5. The Bertz CT molecular complexity index is 1070. The Kier molecular flexibility index (Phi) is 5.38. The Morgan fingerprint density at radius 2 is 1.89 bits per heavy atom. The summed E-state index contributed by atoms with van der Waals surface area (Å²) in [6, 6.07) is 18.2. The number of aryl methyl sites for hydroxylation is 2. The maximum Gasteiger partial charge on any atom is 0.227 e. The van der Waals surface area contributed by atoms with Crippen molar-refractivity contribution in [3.05, 3.63) is 77.6 Å². The van der Waals surface area contributed by atoms with Crippen LogP contribution in [0.1, 0.15) is 37.1 Å². The molecular formula is C24H24N2O2. The van der Waals surface area contributed by atoms with Crippen LogP contribution in [0, 0.1) is 0 Å². The third-order valence-corrected chi connectivity index (χ3v) is 4.75. The van der Waals surface area contributed by atoms with E-state index in [1.165, 1.54) is 11.1 Å². The molecule has 0 atom stereocenters. The van der Waals surface area contributed by atoms with Gasteiger partial charge in [0, 0.05) is 17.8 Å². The predicted octanol–water partition coefficient (Wildman–Crippen LogP) is 5.98. The quantitative estimate of drug-likeness (QED) is 0.400. The van der Waals surface area contributed by atoms with Gasteiger partial charge in [-0.15, -0.1) is 0 Å². The van der Waals surface area contributed by atoms with Gasteiger partial charge in [0.15, 0.2) is 5.58 Å². The average Bonchev–Trinajstić information content (AvgIpc) is 3.16. The monoisotopic (exact) mass is 372 g/mol. The molecule has 0 saturated carbocycles. The van der Waals surface area contributed by atoms with Gasteiger partial charge >= 0.3 is 0 Å². The van der Waals surface area contributed by atoms with Crippen LogP contribution in [0.25, 0.3) is 22.6 Å². The second-order valence-electron chi connectivity index (χ2n) is 6.90. The minimum absolute atomic E-state index is 0.430. The molecule has 0 unspecified atom stereocenters. The normalized spacial score (nSPS) is 11.1. The minimum atomic E-state index is 0.430. The molecule has 4 heteroatoms. The Balaban J connectivity index is 1.52. The number of aromatic nitrogens is 2. The van der Waals surface area contributed by atoms with Crippen LogP contribution < -0.4 is 4.74 Å². The number of nitrogens with zero attached hydrogens (tertiary/aromatic N) is 2. The van der Waals surface area contributed by atoms with E-state index < -0.39 is 0 Å². The summed E-state index contributed by atoms with van der Waals surface area (Å²) in [6.07, 6.45) is 5.06. The van der Waals surface area contributed by atoms with E-state index in [1.54, 1.807) is 0 Å². The molecule has 0 aliphatic carbocycles. The van der Waals surface area contributed by atoms with Crippen molar-refractivity contribution in [3.63, 3.8) is 0 Å².